The molecule has 1 saturated carbocycles. The molecule has 0 heterocycles. The van der Waals surface area contributed by atoms with Gasteiger partial charge in [0.15, 0.2) is 0 Å². The molecule has 1 aliphatic rings. The molecular weight excluding hydrogens is 290 g/mol. The highest BCUT2D eigenvalue weighted by Crippen LogP contribution is 2.28. The second-order valence-electron chi connectivity index (χ2n) is 5.38. The Labute approximate surface area is 126 Å². The first-order chi connectivity index (χ1) is 9.95. The molecule has 0 bridgehead atoms. The molecule has 0 atom stereocenters. The molecule has 1 aromatic rings. The van der Waals surface area contributed by atoms with Crippen LogP contribution in [0.5, 0.6) is 0 Å². The Hall–Kier alpha value is -1.40. The van der Waals surface area contributed by atoms with Crippen LogP contribution in [0, 0.1) is 6.92 Å². The number of esters is 1. The third-order valence-electron chi connectivity index (χ3n) is 3.84. The second-order valence-corrected chi connectivity index (χ2v) is 7.27. The zero-order chi connectivity index (χ0) is 15.5. The van der Waals surface area contributed by atoms with E-state index < -0.39 is 16.0 Å². The van der Waals surface area contributed by atoms with Crippen LogP contribution in [-0.4, -0.2) is 38.4 Å². The highest BCUT2D eigenvalue weighted by molar-refractivity contribution is 7.89. The Bertz CT molecular complexity index is 606. The van der Waals surface area contributed by atoms with Crippen molar-refractivity contribution in [1.29, 1.82) is 0 Å². The first kappa shape index (κ1) is 16.0. The quantitative estimate of drug-likeness (QED) is 0.781. The van der Waals surface area contributed by atoms with Crippen molar-refractivity contribution in [3.8, 4) is 0 Å². The van der Waals surface area contributed by atoms with E-state index in [1.807, 2.05) is 13.0 Å². The number of sulfonamides is 1. The molecule has 0 saturated heterocycles. The van der Waals surface area contributed by atoms with E-state index in [0.29, 0.717) is 0 Å². The summed E-state index contributed by atoms with van der Waals surface area (Å²) in [6, 6.07) is 6.65. The summed E-state index contributed by atoms with van der Waals surface area (Å²) in [5.41, 5.74) is 0.875. The van der Waals surface area contributed by atoms with E-state index in [1.165, 1.54) is 11.4 Å². The van der Waals surface area contributed by atoms with Gasteiger partial charge in [-0.1, -0.05) is 25.0 Å². The van der Waals surface area contributed by atoms with Crippen LogP contribution in [0.15, 0.2) is 29.2 Å². The smallest absolute Gasteiger partial charge is 0.321 e. The van der Waals surface area contributed by atoms with Gasteiger partial charge in [0.2, 0.25) is 10.0 Å². The predicted molar refractivity (Wildman–Crippen MR) is 79.3 cm³/mol. The van der Waals surface area contributed by atoms with Gasteiger partial charge in [0.1, 0.15) is 6.54 Å². The van der Waals surface area contributed by atoms with Crippen LogP contribution >= 0.6 is 0 Å². The molecule has 0 aromatic heterocycles. The monoisotopic (exact) mass is 311 g/mol. The highest BCUT2D eigenvalue weighted by atomic mass is 32.2. The summed E-state index contributed by atoms with van der Waals surface area (Å²) in [5, 5.41) is 0. The van der Waals surface area contributed by atoms with Crippen molar-refractivity contribution in [2.75, 3.05) is 13.7 Å². The standard InChI is InChI=1S/C15H21NO4S/c1-12-6-5-9-14(10-12)21(18,19)16(11-15(17)20-2)13-7-3-4-8-13/h5-6,9-10,13H,3-4,7-8,11H2,1-2H3. The van der Waals surface area contributed by atoms with Crippen molar-refractivity contribution in [3.63, 3.8) is 0 Å². The van der Waals surface area contributed by atoms with Gasteiger partial charge in [-0.05, 0) is 37.5 Å². The van der Waals surface area contributed by atoms with Crippen molar-refractivity contribution in [3.05, 3.63) is 29.8 Å². The minimum absolute atomic E-state index is 0.116. The van der Waals surface area contributed by atoms with E-state index >= 15 is 0 Å². The lowest BCUT2D eigenvalue weighted by molar-refractivity contribution is -0.141. The van der Waals surface area contributed by atoms with Crippen LogP contribution in [0.3, 0.4) is 0 Å². The highest BCUT2D eigenvalue weighted by Gasteiger charge is 2.35. The fourth-order valence-electron chi connectivity index (χ4n) is 2.71. The number of nitrogens with zero attached hydrogens (tertiary/aromatic N) is 1. The lowest BCUT2D eigenvalue weighted by atomic mass is 10.2. The molecule has 116 valence electrons. The van der Waals surface area contributed by atoms with Gasteiger partial charge >= 0.3 is 5.97 Å². The summed E-state index contributed by atoms with van der Waals surface area (Å²) in [6.45, 7) is 1.62. The molecule has 21 heavy (non-hydrogen) atoms. The normalized spacial score (nSPS) is 16.3. The fraction of sp³-hybridized carbons (Fsp3) is 0.533. The van der Waals surface area contributed by atoms with Crippen molar-refractivity contribution < 1.29 is 17.9 Å². The molecule has 1 aliphatic carbocycles. The third-order valence-corrected chi connectivity index (χ3v) is 5.74. The lowest BCUT2D eigenvalue weighted by Gasteiger charge is -2.27. The van der Waals surface area contributed by atoms with E-state index in [2.05, 4.69) is 4.74 Å². The molecule has 0 spiro atoms. The van der Waals surface area contributed by atoms with Gasteiger partial charge in [-0.15, -0.1) is 0 Å². The van der Waals surface area contributed by atoms with Crippen LogP contribution in [0.2, 0.25) is 0 Å². The largest absolute Gasteiger partial charge is 0.468 e. The van der Waals surface area contributed by atoms with Gasteiger partial charge in [-0.25, -0.2) is 8.42 Å². The van der Waals surface area contributed by atoms with Crippen molar-refractivity contribution >= 4 is 16.0 Å². The summed E-state index contributed by atoms with van der Waals surface area (Å²) >= 11 is 0. The first-order valence-electron chi connectivity index (χ1n) is 7.10. The van der Waals surface area contributed by atoms with Gasteiger partial charge in [0, 0.05) is 6.04 Å². The van der Waals surface area contributed by atoms with Gasteiger partial charge in [-0.3, -0.25) is 4.79 Å². The predicted octanol–water partition coefficient (Wildman–Crippen LogP) is 2.10. The number of rotatable bonds is 5. The van der Waals surface area contributed by atoms with Gasteiger partial charge in [0.25, 0.3) is 0 Å². The lowest BCUT2D eigenvalue weighted by Crippen LogP contribution is -2.42. The SMILES string of the molecule is COC(=O)CN(C1CCCC1)S(=O)(=O)c1cccc(C)c1. The Morgan fingerprint density at radius 3 is 2.57 bits per heavy atom. The molecule has 0 aliphatic heterocycles. The van der Waals surface area contributed by atoms with Crippen LogP contribution in [0.1, 0.15) is 31.2 Å². The van der Waals surface area contributed by atoms with Crippen LogP contribution in [0.25, 0.3) is 0 Å². The number of ether oxygens (including phenoxy) is 1. The summed E-state index contributed by atoms with van der Waals surface area (Å²) < 4.78 is 31.6. The maximum absolute atomic E-state index is 12.8. The fourth-order valence-corrected chi connectivity index (χ4v) is 4.44. The van der Waals surface area contributed by atoms with Crippen LogP contribution in [0.4, 0.5) is 0 Å². The number of hydrogen-bond acceptors (Lipinski definition) is 4. The summed E-state index contributed by atoms with van der Waals surface area (Å²) in [7, 11) is -2.41. The molecule has 0 radical (unpaired) electrons. The van der Waals surface area contributed by atoms with Crippen molar-refractivity contribution in [2.45, 2.75) is 43.5 Å². The Balaban J connectivity index is 2.36. The number of hydrogen-bond donors (Lipinski definition) is 0. The number of carbonyl (C=O) groups excluding carboxylic acids is 1. The van der Waals surface area contributed by atoms with Crippen LogP contribution < -0.4 is 0 Å². The van der Waals surface area contributed by atoms with E-state index in [4.69, 9.17) is 0 Å². The molecule has 2 rings (SSSR count). The zero-order valence-electron chi connectivity index (χ0n) is 12.4. The molecule has 6 heteroatoms. The second kappa shape index (κ2) is 6.58. The first-order valence-corrected chi connectivity index (χ1v) is 8.54. The number of carbonyl (C=O) groups is 1. The maximum Gasteiger partial charge on any atom is 0.321 e. The van der Waals surface area contributed by atoms with Gasteiger partial charge in [0.05, 0.1) is 12.0 Å². The number of aryl methyl sites for hydroxylation is 1. The summed E-state index contributed by atoms with van der Waals surface area (Å²) in [5.74, 6) is -0.530. The minimum atomic E-state index is -3.68. The molecule has 0 amide bonds. The average molecular weight is 311 g/mol. The van der Waals surface area contributed by atoms with E-state index in [0.717, 1.165) is 31.2 Å². The van der Waals surface area contributed by atoms with Crippen LogP contribution in [-0.2, 0) is 19.6 Å². The molecule has 5 nitrogen and oxygen atoms in total. The summed E-state index contributed by atoms with van der Waals surface area (Å²) in [4.78, 5) is 11.8. The molecule has 1 fully saturated rings. The van der Waals surface area contributed by atoms with E-state index in [9.17, 15) is 13.2 Å². The molecule has 1 aromatic carbocycles. The van der Waals surface area contributed by atoms with E-state index in [1.54, 1.807) is 18.2 Å². The van der Waals surface area contributed by atoms with Crippen molar-refractivity contribution in [2.24, 2.45) is 0 Å². The Morgan fingerprint density at radius 1 is 1.33 bits per heavy atom. The third kappa shape index (κ3) is 3.63. The maximum atomic E-state index is 12.8. The molecular formula is C15H21NO4S. The average Bonchev–Trinajstić information content (AvgIpc) is 2.98. The topological polar surface area (TPSA) is 63.7 Å². The Morgan fingerprint density at radius 2 is 2.00 bits per heavy atom. The molecule has 0 unspecified atom stereocenters. The minimum Gasteiger partial charge on any atom is -0.468 e. The van der Waals surface area contributed by atoms with Crippen molar-refractivity contribution in [1.82, 2.24) is 4.31 Å². The number of methoxy groups -OCH3 is 1. The van der Waals surface area contributed by atoms with Gasteiger partial charge < -0.3 is 4.74 Å². The Kier molecular flexibility index (Phi) is 5.00. The zero-order valence-corrected chi connectivity index (χ0v) is 13.2. The van der Waals surface area contributed by atoms with Gasteiger partial charge in [-0.2, -0.15) is 4.31 Å². The molecule has 0 N–H and O–H groups in total. The number of benzene rings is 1. The van der Waals surface area contributed by atoms with E-state index in [-0.39, 0.29) is 17.5 Å². The summed E-state index contributed by atoms with van der Waals surface area (Å²) in [6.07, 6.45) is 3.57.